The Bertz CT molecular complexity index is 657. The van der Waals surface area contributed by atoms with Crippen LogP contribution in [0.4, 0.5) is 5.69 Å². The minimum absolute atomic E-state index is 0.867. The number of benzene rings is 2. The summed E-state index contributed by atoms with van der Waals surface area (Å²) in [5.41, 5.74) is 2.72. The molecular formula is C13H10ClNO. The molecule has 0 radical (unpaired) electrons. The molecule has 1 aromatic heterocycles. The van der Waals surface area contributed by atoms with Gasteiger partial charge in [0.05, 0.1) is 11.1 Å². The van der Waals surface area contributed by atoms with Gasteiger partial charge >= 0.3 is 0 Å². The van der Waals surface area contributed by atoms with Gasteiger partial charge in [0.15, 0.2) is 0 Å². The SMILES string of the molecule is CN(Cl)c1cccc2oc3ccccc3c12. The molecule has 16 heavy (non-hydrogen) atoms. The average Bonchev–Trinajstić information content (AvgIpc) is 2.66. The quantitative estimate of drug-likeness (QED) is 0.585. The average molecular weight is 232 g/mol. The molecule has 0 N–H and O–H groups in total. The summed E-state index contributed by atoms with van der Waals surface area (Å²) in [7, 11) is 1.82. The third-order valence-corrected chi connectivity index (χ3v) is 2.89. The molecule has 0 unspecified atom stereocenters. The number of hydrogen-bond donors (Lipinski definition) is 0. The van der Waals surface area contributed by atoms with Gasteiger partial charge in [-0.3, -0.25) is 4.42 Å². The lowest BCUT2D eigenvalue weighted by Gasteiger charge is -2.09. The van der Waals surface area contributed by atoms with Gasteiger partial charge in [-0.25, -0.2) is 0 Å². The van der Waals surface area contributed by atoms with Gasteiger partial charge in [-0.1, -0.05) is 24.3 Å². The van der Waals surface area contributed by atoms with Gasteiger partial charge in [-0.05, 0) is 18.2 Å². The largest absolute Gasteiger partial charge is 0.456 e. The van der Waals surface area contributed by atoms with Gasteiger partial charge in [0.1, 0.15) is 11.2 Å². The van der Waals surface area contributed by atoms with E-state index in [1.54, 1.807) is 4.42 Å². The van der Waals surface area contributed by atoms with E-state index in [1.165, 1.54) is 0 Å². The highest BCUT2D eigenvalue weighted by atomic mass is 35.5. The molecule has 80 valence electrons. The summed E-state index contributed by atoms with van der Waals surface area (Å²) in [5.74, 6) is 0. The topological polar surface area (TPSA) is 16.4 Å². The highest BCUT2D eigenvalue weighted by Crippen LogP contribution is 2.35. The predicted octanol–water partition coefficient (Wildman–Crippen LogP) is 4.18. The van der Waals surface area contributed by atoms with Crippen molar-refractivity contribution in [1.29, 1.82) is 0 Å². The Balaban J connectivity index is 2.53. The van der Waals surface area contributed by atoms with Crippen LogP contribution in [0.3, 0.4) is 0 Å². The first-order chi connectivity index (χ1) is 7.77. The fourth-order valence-electron chi connectivity index (χ4n) is 2.01. The van der Waals surface area contributed by atoms with Gasteiger partial charge < -0.3 is 4.42 Å². The molecule has 0 fully saturated rings. The highest BCUT2D eigenvalue weighted by molar-refractivity contribution is 6.28. The Morgan fingerprint density at radius 3 is 2.56 bits per heavy atom. The van der Waals surface area contributed by atoms with Gasteiger partial charge in [0.2, 0.25) is 0 Å². The van der Waals surface area contributed by atoms with Gasteiger partial charge in [-0.2, -0.15) is 0 Å². The zero-order chi connectivity index (χ0) is 11.1. The summed E-state index contributed by atoms with van der Waals surface area (Å²) >= 11 is 6.03. The maximum atomic E-state index is 6.03. The number of fused-ring (bicyclic) bond motifs is 3. The zero-order valence-corrected chi connectivity index (χ0v) is 9.53. The van der Waals surface area contributed by atoms with Crippen molar-refractivity contribution >= 4 is 39.4 Å². The van der Waals surface area contributed by atoms with Crippen molar-refractivity contribution in [3.05, 3.63) is 42.5 Å². The van der Waals surface area contributed by atoms with Crippen LogP contribution >= 0.6 is 11.8 Å². The Morgan fingerprint density at radius 1 is 1.00 bits per heavy atom. The van der Waals surface area contributed by atoms with Crippen LogP contribution in [0, 0.1) is 0 Å². The summed E-state index contributed by atoms with van der Waals surface area (Å²) in [6, 6.07) is 13.9. The lowest BCUT2D eigenvalue weighted by atomic mass is 10.1. The molecule has 3 heteroatoms. The van der Waals surface area contributed by atoms with Crippen LogP contribution in [0.2, 0.25) is 0 Å². The molecular weight excluding hydrogens is 222 g/mol. The summed E-state index contributed by atoms with van der Waals surface area (Å²) in [5, 5.41) is 2.16. The number of rotatable bonds is 1. The number of nitrogens with zero attached hydrogens (tertiary/aromatic N) is 1. The number of anilines is 1. The molecule has 2 aromatic carbocycles. The molecule has 0 spiro atoms. The molecule has 0 saturated heterocycles. The number of hydrogen-bond acceptors (Lipinski definition) is 2. The molecule has 3 rings (SSSR count). The van der Waals surface area contributed by atoms with E-state index >= 15 is 0 Å². The standard InChI is InChI=1S/C13H10ClNO/c1-15(14)10-6-4-8-12-13(10)9-5-2-3-7-11(9)16-12/h2-8H,1H3. The van der Waals surface area contributed by atoms with Crippen LogP contribution in [0.5, 0.6) is 0 Å². The molecule has 0 aliphatic carbocycles. The molecule has 0 saturated carbocycles. The van der Waals surface area contributed by atoms with E-state index in [0.29, 0.717) is 0 Å². The Kier molecular flexibility index (Phi) is 2.04. The second-order valence-corrected chi connectivity index (χ2v) is 4.23. The minimum atomic E-state index is 0.867. The Morgan fingerprint density at radius 2 is 1.75 bits per heavy atom. The van der Waals surface area contributed by atoms with Crippen molar-refractivity contribution in [1.82, 2.24) is 0 Å². The monoisotopic (exact) mass is 231 g/mol. The van der Waals surface area contributed by atoms with Gasteiger partial charge in [-0.15, -0.1) is 0 Å². The van der Waals surface area contributed by atoms with Crippen LogP contribution < -0.4 is 4.42 Å². The first-order valence-corrected chi connectivity index (χ1v) is 5.41. The second-order valence-electron chi connectivity index (χ2n) is 3.73. The van der Waals surface area contributed by atoms with Crippen molar-refractivity contribution in [3.8, 4) is 0 Å². The van der Waals surface area contributed by atoms with E-state index in [9.17, 15) is 0 Å². The van der Waals surface area contributed by atoms with Crippen molar-refractivity contribution in [2.45, 2.75) is 0 Å². The van der Waals surface area contributed by atoms with E-state index in [1.807, 2.05) is 49.5 Å². The molecule has 1 heterocycles. The van der Waals surface area contributed by atoms with Crippen LogP contribution in [0.25, 0.3) is 21.9 Å². The maximum absolute atomic E-state index is 6.03. The van der Waals surface area contributed by atoms with Crippen molar-refractivity contribution < 1.29 is 4.42 Å². The van der Waals surface area contributed by atoms with Gasteiger partial charge in [0, 0.05) is 24.2 Å². The molecule has 0 bridgehead atoms. The lowest BCUT2D eigenvalue weighted by Crippen LogP contribution is -2.00. The third kappa shape index (κ3) is 1.27. The molecule has 2 nitrogen and oxygen atoms in total. The summed E-state index contributed by atoms with van der Waals surface area (Å²) in [4.78, 5) is 0. The van der Waals surface area contributed by atoms with Crippen molar-refractivity contribution in [2.24, 2.45) is 0 Å². The first kappa shape index (κ1) is 9.55. The molecule has 3 aromatic rings. The van der Waals surface area contributed by atoms with E-state index in [2.05, 4.69) is 0 Å². The fraction of sp³-hybridized carbons (Fsp3) is 0.0769. The summed E-state index contributed by atoms with van der Waals surface area (Å²) in [6.07, 6.45) is 0. The lowest BCUT2D eigenvalue weighted by molar-refractivity contribution is 0.669. The predicted molar refractivity (Wildman–Crippen MR) is 68.0 cm³/mol. The smallest absolute Gasteiger partial charge is 0.137 e. The van der Waals surface area contributed by atoms with Crippen LogP contribution in [0.15, 0.2) is 46.9 Å². The van der Waals surface area contributed by atoms with Gasteiger partial charge in [0.25, 0.3) is 0 Å². The van der Waals surface area contributed by atoms with Crippen molar-refractivity contribution in [2.75, 3.05) is 11.5 Å². The number of halogens is 1. The summed E-state index contributed by atoms with van der Waals surface area (Å²) in [6.45, 7) is 0. The van der Waals surface area contributed by atoms with Crippen LogP contribution in [-0.4, -0.2) is 7.05 Å². The molecule has 0 aliphatic rings. The second kappa shape index (κ2) is 3.42. The van der Waals surface area contributed by atoms with E-state index < -0.39 is 0 Å². The van der Waals surface area contributed by atoms with Crippen LogP contribution in [-0.2, 0) is 0 Å². The first-order valence-electron chi connectivity index (χ1n) is 5.07. The fourth-order valence-corrected chi connectivity index (χ4v) is 2.15. The van der Waals surface area contributed by atoms with E-state index in [0.717, 1.165) is 27.6 Å². The van der Waals surface area contributed by atoms with Crippen molar-refractivity contribution in [3.63, 3.8) is 0 Å². The van der Waals surface area contributed by atoms with E-state index in [4.69, 9.17) is 16.2 Å². The Labute approximate surface area is 98.1 Å². The molecule has 0 atom stereocenters. The molecule has 0 amide bonds. The normalized spacial score (nSPS) is 11.1. The third-order valence-electron chi connectivity index (χ3n) is 2.71. The highest BCUT2D eigenvalue weighted by Gasteiger charge is 2.11. The molecule has 0 aliphatic heterocycles. The van der Waals surface area contributed by atoms with E-state index in [-0.39, 0.29) is 0 Å². The minimum Gasteiger partial charge on any atom is -0.456 e. The van der Waals surface area contributed by atoms with Crippen LogP contribution in [0.1, 0.15) is 0 Å². The zero-order valence-electron chi connectivity index (χ0n) is 8.77. The maximum Gasteiger partial charge on any atom is 0.137 e. The number of para-hydroxylation sites is 1. The summed E-state index contributed by atoms with van der Waals surface area (Å²) < 4.78 is 7.35. The number of furan rings is 1. The Hall–Kier alpha value is -1.67.